The Bertz CT molecular complexity index is 1640. The minimum Gasteiger partial charge on any atom is -0.436 e. The van der Waals surface area contributed by atoms with Crippen LogP contribution >= 0.6 is 0 Å². The molecule has 2 atom stereocenters. The smallest absolute Gasteiger partial charge is 0.227 e. The third kappa shape index (κ3) is 7.63. The van der Waals surface area contributed by atoms with E-state index in [1.54, 1.807) is 42.7 Å². The van der Waals surface area contributed by atoms with E-state index in [1.807, 2.05) is 12.1 Å². The van der Waals surface area contributed by atoms with Gasteiger partial charge in [0.15, 0.2) is 5.58 Å². The molecule has 5 rings (SSSR count). The number of rotatable bonds is 12. The molecule has 9 heteroatoms. The summed E-state index contributed by atoms with van der Waals surface area (Å²) in [6.07, 6.45) is 3.28. The molecule has 0 bridgehead atoms. The lowest BCUT2D eigenvalue weighted by molar-refractivity contribution is -0.122. The highest BCUT2D eigenvalue weighted by Gasteiger charge is 2.23. The minimum atomic E-state index is -1.02. The number of hydrogen-bond donors (Lipinski definition) is 3. The van der Waals surface area contributed by atoms with E-state index in [1.165, 1.54) is 17.7 Å². The van der Waals surface area contributed by atoms with Crippen LogP contribution in [0.2, 0.25) is 0 Å². The zero-order valence-electron chi connectivity index (χ0n) is 23.2. The number of benzene rings is 3. The Kier molecular flexibility index (Phi) is 9.31. The molecule has 0 radical (unpaired) electrons. The number of aliphatic hydroxyl groups excluding tert-OH is 1. The molecule has 0 aliphatic rings. The fourth-order valence-electron chi connectivity index (χ4n) is 4.88. The van der Waals surface area contributed by atoms with E-state index < -0.39 is 23.8 Å². The van der Waals surface area contributed by atoms with Crippen LogP contribution in [0.1, 0.15) is 29.2 Å². The third-order valence-electron chi connectivity index (χ3n) is 7.01. The van der Waals surface area contributed by atoms with E-state index in [0.29, 0.717) is 34.7 Å². The van der Waals surface area contributed by atoms with Crippen molar-refractivity contribution in [3.63, 3.8) is 0 Å². The molecule has 3 aromatic carbocycles. The summed E-state index contributed by atoms with van der Waals surface area (Å²) in [5.41, 5.74) is 5.31. The zero-order chi connectivity index (χ0) is 29.5. The minimum absolute atomic E-state index is 0.0192. The van der Waals surface area contributed by atoms with Crippen molar-refractivity contribution in [1.82, 2.24) is 20.6 Å². The van der Waals surface area contributed by atoms with Crippen LogP contribution in [-0.2, 0) is 30.6 Å². The summed E-state index contributed by atoms with van der Waals surface area (Å²) in [7, 11) is 0. The van der Waals surface area contributed by atoms with E-state index >= 15 is 0 Å². The van der Waals surface area contributed by atoms with Crippen molar-refractivity contribution in [3.8, 4) is 11.5 Å². The van der Waals surface area contributed by atoms with E-state index in [9.17, 15) is 18.7 Å². The standard InChI is InChI=1S/C33H32F2N4O3/c1-2-21-4-3-5-23(12-21)19-37-20-30(40)28(16-24-13-26(34)18-27(35)14-24)38-32(41)17-22-6-7-31-29(15-22)39-33(42-31)25-8-10-36-11-9-25/h3-15,18,28,30,37,40H,2,16-17,19-20H2,1H3,(H,38,41). The van der Waals surface area contributed by atoms with Gasteiger partial charge in [-0.3, -0.25) is 9.78 Å². The monoisotopic (exact) mass is 570 g/mol. The van der Waals surface area contributed by atoms with E-state index in [0.717, 1.165) is 23.6 Å². The fourth-order valence-corrected chi connectivity index (χ4v) is 4.88. The first-order valence-electron chi connectivity index (χ1n) is 13.9. The summed E-state index contributed by atoms with van der Waals surface area (Å²) in [6.45, 7) is 2.78. The van der Waals surface area contributed by atoms with Crippen molar-refractivity contribution in [2.75, 3.05) is 6.54 Å². The number of hydrogen-bond acceptors (Lipinski definition) is 6. The fraction of sp³-hybridized carbons (Fsp3) is 0.242. The van der Waals surface area contributed by atoms with Gasteiger partial charge >= 0.3 is 0 Å². The maximum absolute atomic E-state index is 13.9. The van der Waals surface area contributed by atoms with Gasteiger partial charge in [0.1, 0.15) is 17.2 Å². The maximum atomic E-state index is 13.9. The number of carbonyl (C=O) groups excluding carboxylic acids is 1. The molecule has 216 valence electrons. The summed E-state index contributed by atoms with van der Waals surface area (Å²) < 4.78 is 33.6. The van der Waals surface area contributed by atoms with Gasteiger partial charge in [0.25, 0.3) is 0 Å². The first kappa shape index (κ1) is 29.0. The molecule has 0 saturated carbocycles. The van der Waals surface area contributed by atoms with Crippen molar-refractivity contribution in [2.24, 2.45) is 0 Å². The number of pyridine rings is 1. The van der Waals surface area contributed by atoms with Crippen LogP contribution in [-0.4, -0.2) is 39.7 Å². The average molecular weight is 571 g/mol. The predicted octanol–water partition coefficient (Wildman–Crippen LogP) is 5.15. The SMILES string of the molecule is CCc1cccc(CNCC(O)C(Cc2cc(F)cc(F)c2)NC(=O)Cc2ccc3oc(-c4ccncc4)nc3c2)c1. The van der Waals surface area contributed by atoms with Crippen LogP contribution in [0.15, 0.2) is 89.6 Å². The molecule has 5 aromatic rings. The summed E-state index contributed by atoms with van der Waals surface area (Å²) in [5.74, 6) is -1.33. The number of halogens is 2. The molecule has 2 aromatic heterocycles. The Labute approximate surface area is 242 Å². The summed E-state index contributed by atoms with van der Waals surface area (Å²) in [5, 5.41) is 17.2. The predicted molar refractivity (Wildman–Crippen MR) is 156 cm³/mol. The number of nitrogens with one attached hydrogen (secondary N) is 2. The number of amides is 1. The van der Waals surface area contributed by atoms with Gasteiger partial charge in [0, 0.05) is 37.1 Å². The average Bonchev–Trinajstić information content (AvgIpc) is 3.40. The van der Waals surface area contributed by atoms with Gasteiger partial charge in [-0.1, -0.05) is 37.3 Å². The molecule has 42 heavy (non-hydrogen) atoms. The van der Waals surface area contributed by atoms with Gasteiger partial charge in [0.05, 0.1) is 18.6 Å². The Hall–Kier alpha value is -4.47. The number of aryl methyl sites for hydroxylation is 1. The molecule has 0 aliphatic heterocycles. The topological polar surface area (TPSA) is 100 Å². The highest BCUT2D eigenvalue weighted by atomic mass is 19.1. The molecular weight excluding hydrogens is 538 g/mol. The van der Waals surface area contributed by atoms with Crippen LogP contribution in [0.3, 0.4) is 0 Å². The third-order valence-corrected chi connectivity index (χ3v) is 7.01. The van der Waals surface area contributed by atoms with Crippen LogP contribution < -0.4 is 10.6 Å². The lowest BCUT2D eigenvalue weighted by Gasteiger charge is -2.25. The Morgan fingerprint density at radius 1 is 0.929 bits per heavy atom. The Balaban J connectivity index is 1.27. The molecule has 2 heterocycles. The zero-order valence-corrected chi connectivity index (χ0v) is 23.2. The molecule has 7 nitrogen and oxygen atoms in total. The van der Waals surface area contributed by atoms with Crippen LogP contribution in [0.4, 0.5) is 8.78 Å². The second-order valence-corrected chi connectivity index (χ2v) is 10.3. The number of nitrogens with zero attached hydrogens (tertiary/aromatic N) is 2. The second kappa shape index (κ2) is 13.5. The molecule has 1 amide bonds. The van der Waals surface area contributed by atoms with Crippen molar-refractivity contribution in [1.29, 1.82) is 0 Å². The number of fused-ring (bicyclic) bond motifs is 1. The molecular formula is C33H32F2N4O3. The highest BCUT2D eigenvalue weighted by Crippen LogP contribution is 2.24. The second-order valence-electron chi connectivity index (χ2n) is 10.3. The van der Waals surface area contributed by atoms with Crippen LogP contribution in [0.5, 0.6) is 0 Å². The van der Waals surface area contributed by atoms with E-state index in [4.69, 9.17) is 4.42 Å². The van der Waals surface area contributed by atoms with Gasteiger partial charge in [-0.2, -0.15) is 0 Å². The van der Waals surface area contributed by atoms with Crippen LogP contribution in [0, 0.1) is 11.6 Å². The van der Waals surface area contributed by atoms with Gasteiger partial charge < -0.3 is 20.2 Å². The van der Waals surface area contributed by atoms with Gasteiger partial charge in [-0.15, -0.1) is 0 Å². The van der Waals surface area contributed by atoms with Crippen molar-refractivity contribution in [2.45, 2.75) is 44.9 Å². The molecule has 2 unspecified atom stereocenters. The molecule has 3 N–H and O–H groups in total. The quantitative estimate of drug-likeness (QED) is 0.192. The molecule has 0 fully saturated rings. The van der Waals surface area contributed by atoms with Crippen LogP contribution in [0.25, 0.3) is 22.6 Å². The molecule has 0 spiro atoms. The maximum Gasteiger partial charge on any atom is 0.227 e. The largest absolute Gasteiger partial charge is 0.436 e. The van der Waals surface area contributed by atoms with Crippen molar-refractivity contribution >= 4 is 17.0 Å². The number of aromatic nitrogens is 2. The summed E-state index contributed by atoms with van der Waals surface area (Å²) >= 11 is 0. The number of oxazole rings is 1. The Morgan fingerprint density at radius 3 is 2.45 bits per heavy atom. The lowest BCUT2D eigenvalue weighted by atomic mass is 10.00. The molecule has 0 aliphatic carbocycles. The van der Waals surface area contributed by atoms with E-state index in [-0.39, 0.29) is 25.3 Å². The van der Waals surface area contributed by atoms with Gasteiger partial charge in [0.2, 0.25) is 11.8 Å². The lowest BCUT2D eigenvalue weighted by Crippen LogP contribution is -2.49. The summed E-state index contributed by atoms with van der Waals surface area (Å²) in [6, 6.07) is 19.5. The molecule has 0 saturated heterocycles. The highest BCUT2D eigenvalue weighted by molar-refractivity contribution is 5.82. The van der Waals surface area contributed by atoms with E-state index in [2.05, 4.69) is 39.7 Å². The van der Waals surface area contributed by atoms with Crippen molar-refractivity contribution < 1.29 is 23.1 Å². The first-order chi connectivity index (χ1) is 20.4. The van der Waals surface area contributed by atoms with Gasteiger partial charge in [-0.25, -0.2) is 13.8 Å². The number of carbonyl (C=O) groups is 1. The normalized spacial score (nSPS) is 12.8. The summed E-state index contributed by atoms with van der Waals surface area (Å²) in [4.78, 5) is 21.7. The Morgan fingerprint density at radius 2 is 1.69 bits per heavy atom. The first-order valence-corrected chi connectivity index (χ1v) is 13.9. The van der Waals surface area contributed by atoms with Crippen molar-refractivity contribution in [3.05, 3.63) is 119 Å². The van der Waals surface area contributed by atoms with Gasteiger partial charge in [-0.05, 0) is 71.5 Å². The number of aliphatic hydroxyl groups is 1.